The Bertz CT molecular complexity index is 673. The van der Waals surface area contributed by atoms with Crippen LogP contribution in [0.1, 0.15) is 11.1 Å². The molecular formula is C15H25IN4O3S. The van der Waals surface area contributed by atoms with Crippen LogP contribution in [-0.2, 0) is 14.8 Å². The second-order valence-electron chi connectivity index (χ2n) is 5.52. The maximum atomic E-state index is 12.1. The van der Waals surface area contributed by atoms with Crippen LogP contribution in [0.4, 0.5) is 5.69 Å². The quantitative estimate of drug-likeness (QED) is 0.386. The van der Waals surface area contributed by atoms with Gasteiger partial charge in [0.15, 0.2) is 5.96 Å². The maximum Gasteiger partial charge on any atom is 0.216 e. The standard InChI is InChI=1S/C15H24N4O3S.HI/c1-12-3-4-14(11-13(12)2)18-15(16)17-5-10-23(20,21)19-6-8-22-9-7-19;/h3-4,11H,5-10H2,1-2H3,(H3,16,17,18);1H. The molecular weight excluding hydrogens is 443 g/mol. The Morgan fingerprint density at radius 3 is 2.58 bits per heavy atom. The number of anilines is 1. The fraction of sp³-hybridized carbons (Fsp3) is 0.533. The van der Waals surface area contributed by atoms with Gasteiger partial charge >= 0.3 is 0 Å². The molecule has 0 bridgehead atoms. The van der Waals surface area contributed by atoms with Crippen molar-refractivity contribution < 1.29 is 13.2 Å². The van der Waals surface area contributed by atoms with Crippen LogP contribution in [0.15, 0.2) is 23.2 Å². The van der Waals surface area contributed by atoms with Gasteiger partial charge in [-0.3, -0.25) is 4.99 Å². The number of ether oxygens (including phenoxy) is 1. The minimum absolute atomic E-state index is 0. The van der Waals surface area contributed by atoms with E-state index in [2.05, 4.69) is 10.3 Å². The predicted molar refractivity (Wildman–Crippen MR) is 108 cm³/mol. The molecule has 1 aliphatic heterocycles. The topological polar surface area (TPSA) is 97.0 Å². The number of aliphatic imine (C=N–C) groups is 1. The van der Waals surface area contributed by atoms with E-state index in [4.69, 9.17) is 10.5 Å². The molecule has 0 spiro atoms. The van der Waals surface area contributed by atoms with Gasteiger partial charge in [-0.25, -0.2) is 8.42 Å². The number of hydrogen-bond acceptors (Lipinski definition) is 4. The maximum absolute atomic E-state index is 12.1. The molecule has 0 radical (unpaired) electrons. The van der Waals surface area contributed by atoms with E-state index in [1.54, 1.807) is 0 Å². The van der Waals surface area contributed by atoms with E-state index in [1.807, 2.05) is 32.0 Å². The normalized spacial score (nSPS) is 16.5. The molecule has 136 valence electrons. The number of morpholine rings is 1. The van der Waals surface area contributed by atoms with Crippen LogP contribution >= 0.6 is 24.0 Å². The van der Waals surface area contributed by atoms with E-state index in [1.165, 1.54) is 9.87 Å². The van der Waals surface area contributed by atoms with Crippen molar-refractivity contribution in [3.05, 3.63) is 29.3 Å². The SMILES string of the molecule is Cc1ccc(NC(N)=NCCS(=O)(=O)N2CCOCC2)cc1C.I. The number of hydrogen-bond donors (Lipinski definition) is 2. The number of nitrogens with zero attached hydrogens (tertiary/aromatic N) is 2. The van der Waals surface area contributed by atoms with Gasteiger partial charge in [0.05, 0.1) is 25.5 Å². The molecule has 7 nitrogen and oxygen atoms in total. The number of aryl methyl sites for hydroxylation is 2. The number of sulfonamides is 1. The molecule has 1 fully saturated rings. The molecule has 1 aliphatic rings. The molecule has 3 N–H and O–H groups in total. The summed E-state index contributed by atoms with van der Waals surface area (Å²) >= 11 is 0. The molecule has 0 atom stereocenters. The van der Waals surface area contributed by atoms with Crippen LogP contribution in [0.25, 0.3) is 0 Å². The number of nitrogens with one attached hydrogen (secondary N) is 1. The number of nitrogens with two attached hydrogens (primary N) is 1. The van der Waals surface area contributed by atoms with Crippen molar-refractivity contribution in [2.75, 3.05) is 43.9 Å². The first-order valence-corrected chi connectivity index (χ1v) is 9.19. The van der Waals surface area contributed by atoms with Crippen molar-refractivity contribution in [2.45, 2.75) is 13.8 Å². The summed E-state index contributed by atoms with van der Waals surface area (Å²) in [6.45, 7) is 5.88. The zero-order chi connectivity index (χ0) is 16.9. The van der Waals surface area contributed by atoms with Gasteiger partial charge in [-0.05, 0) is 37.1 Å². The van der Waals surface area contributed by atoms with Crippen molar-refractivity contribution in [1.29, 1.82) is 0 Å². The van der Waals surface area contributed by atoms with E-state index < -0.39 is 10.0 Å². The Morgan fingerprint density at radius 1 is 1.29 bits per heavy atom. The second-order valence-corrected chi connectivity index (χ2v) is 7.61. The van der Waals surface area contributed by atoms with E-state index in [0.717, 1.165) is 11.3 Å². The van der Waals surface area contributed by atoms with Gasteiger partial charge in [0, 0.05) is 18.8 Å². The molecule has 1 aromatic rings. The molecule has 9 heteroatoms. The third-order valence-corrected chi connectivity index (χ3v) is 5.62. The van der Waals surface area contributed by atoms with Gasteiger partial charge in [-0.1, -0.05) is 6.07 Å². The minimum atomic E-state index is -3.30. The fourth-order valence-corrected chi connectivity index (χ4v) is 3.53. The lowest BCUT2D eigenvalue weighted by atomic mass is 10.1. The smallest absolute Gasteiger partial charge is 0.216 e. The van der Waals surface area contributed by atoms with Crippen LogP contribution in [0, 0.1) is 13.8 Å². The van der Waals surface area contributed by atoms with Gasteiger partial charge in [0.1, 0.15) is 0 Å². The molecule has 1 saturated heterocycles. The van der Waals surface area contributed by atoms with Crippen LogP contribution < -0.4 is 11.1 Å². The molecule has 1 heterocycles. The molecule has 2 rings (SSSR count). The molecule has 24 heavy (non-hydrogen) atoms. The Hall–Kier alpha value is -0.910. The highest BCUT2D eigenvalue weighted by Crippen LogP contribution is 2.13. The highest BCUT2D eigenvalue weighted by Gasteiger charge is 2.23. The molecule has 0 saturated carbocycles. The monoisotopic (exact) mass is 468 g/mol. The van der Waals surface area contributed by atoms with Crippen molar-refractivity contribution in [3.8, 4) is 0 Å². The summed E-state index contributed by atoms with van der Waals surface area (Å²) in [5.41, 5.74) is 9.00. The van der Waals surface area contributed by atoms with E-state index in [9.17, 15) is 8.42 Å². The molecule has 0 aliphatic carbocycles. The van der Waals surface area contributed by atoms with Crippen molar-refractivity contribution >= 4 is 45.6 Å². The molecule has 0 unspecified atom stereocenters. The average Bonchev–Trinajstić information content (AvgIpc) is 2.52. The Morgan fingerprint density at radius 2 is 1.96 bits per heavy atom. The number of guanidine groups is 1. The largest absolute Gasteiger partial charge is 0.379 e. The summed E-state index contributed by atoms with van der Waals surface area (Å²) in [5, 5.41) is 2.98. The van der Waals surface area contributed by atoms with Crippen molar-refractivity contribution in [1.82, 2.24) is 4.31 Å². The summed E-state index contributed by atoms with van der Waals surface area (Å²) in [7, 11) is -3.30. The van der Waals surface area contributed by atoms with E-state index in [0.29, 0.717) is 26.3 Å². The zero-order valence-electron chi connectivity index (χ0n) is 14.0. The predicted octanol–water partition coefficient (Wildman–Crippen LogP) is 1.31. The Balaban J connectivity index is 0.00000288. The third-order valence-electron chi connectivity index (χ3n) is 3.77. The highest BCUT2D eigenvalue weighted by molar-refractivity contribution is 14.0. The number of rotatable bonds is 5. The number of halogens is 1. The lowest BCUT2D eigenvalue weighted by Crippen LogP contribution is -2.42. The summed E-state index contributed by atoms with van der Waals surface area (Å²) in [6, 6.07) is 5.88. The third kappa shape index (κ3) is 6.19. The molecule has 0 amide bonds. The van der Waals surface area contributed by atoms with Crippen LogP contribution in [0.3, 0.4) is 0 Å². The molecule has 0 aromatic heterocycles. The highest BCUT2D eigenvalue weighted by atomic mass is 127. The molecule has 1 aromatic carbocycles. The summed E-state index contributed by atoms with van der Waals surface area (Å²) in [5.74, 6) is 0.160. The van der Waals surface area contributed by atoms with Gasteiger partial charge in [0.2, 0.25) is 10.0 Å². The van der Waals surface area contributed by atoms with Gasteiger partial charge < -0.3 is 15.8 Å². The summed E-state index contributed by atoms with van der Waals surface area (Å²) in [4.78, 5) is 4.10. The van der Waals surface area contributed by atoms with Gasteiger partial charge in [-0.15, -0.1) is 24.0 Å². The van der Waals surface area contributed by atoms with E-state index >= 15 is 0 Å². The first-order chi connectivity index (χ1) is 10.9. The van der Waals surface area contributed by atoms with E-state index in [-0.39, 0.29) is 42.2 Å². The lowest BCUT2D eigenvalue weighted by Gasteiger charge is -2.25. The van der Waals surface area contributed by atoms with Crippen LogP contribution in [0.5, 0.6) is 0 Å². The first kappa shape index (κ1) is 21.1. The zero-order valence-corrected chi connectivity index (χ0v) is 17.1. The Kier molecular flexibility index (Phi) is 8.40. The average molecular weight is 468 g/mol. The second kappa shape index (κ2) is 9.54. The minimum Gasteiger partial charge on any atom is -0.379 e. The van der Waals surface area contributed by atoms with Gasteiger partial charge in [0.25, 0.3) is 0 Å². The Labute approximate surface area is 160 Å². The number of benzene rings is 1. The fourth-order valence-electron chi connectivity index (χ4n) is 2.24. The van der Waals surface area contributed by atoms with Crippen LogP contribution in [-0.4, -0.2) is 57.3 Å². The van der Waals surface area contributed by atoms with Crippen LogP contribution in [0.2, 0.25) is 0 Å². The summed E-state index contributed by atoms with van der Waals surface area (Å²) in [6.07, 6.45) is 0. The van der Waals surface area contributed by atoms with Crippen molar-refractivity contribution in [3.63, 3.8) is 0 Å². The van der Waals surface area contributed by atoms with Gasteiger partial charge in [-0.2, -0.15) is 4.31 Å². The summed E-state index contributed by atoms with van der Waals surface area (Å²) < 4.78 is 30.9. The first-order valence-electron chi connectivity index (χ1n) is 7.58. The van der Waals surface area contributed by atoms with Crippen molar-refractivity contribution in [2.24, 2.45) is 10.7 Å². The lowest BCUT2D eigenvalue weighted by molar-refractivity contribution is 0.0731.